The predicted molar refractivity (Wildman–Crippen MR) is 46.7 cm³/mol. The summed E-state index contributed by atoms with van der Waals surface area (Å²) in [5.41, 5.74) is -0.401. The molecule has 1 aliphatic rings. The average molecular weight is 267 g/mol. The van der Waals surface area contributed by atoms with E-state index < -0.39 is 11.9 Å². The molecule has 0 N–H and O–H groups in total. The SMILES string of the molecule is FC(F)(F)c1ncnc(C2CC2)c1Br. The van der Waals surface area contributed by atoms with E-state index in [1.807, 2.05) is 0 Å². The van der Waals surface area contributed by atoms with Crippen LogP contribution in [0.1, 0.15) is 30.1 Å². The Morgan fingerprint density at radius 2 is 1.93 bits per heavy atom. The highest BCUT2D eigenvalue weighted by Crippen LogP contribution is 2.44. The van der Waals surface area contributed by atoms with Crippen molar-refractivity contribution < 1.29 is 13.2 Å². The van der Waals surface area contributed by atoms with E-state index in [0.29, 0.717) is 5.69 Å². The zero-order valence-corrected chi connectivity index (χ0v) is 8.56. The van der Waals surface area contributed by atoms with Crippen LogP contribution in [0.3, 0.4) is 0 Å². The normalized spacial score (nSPS) is 17.1. The quantitative estimate of drug-likeness (QED) is 0.781. The molecule has 1 heterocycles. The molecular formula is C8H6BrF3N2. The van der Waals surface area contributed by atoms with Gasteiger partial charge in [0.2, 0.25) is 0 Å². The molecule has 0 atom stereocenters. The van der Waals surface area contributed by atoms with Crippen LogP contribution >= 0.6 is 15.9 Å². The number of alkyl halides is 3. The molecule has 76 valence electrons. The molecule has 6 heteroatoms. The van der Waals surface area contributed by atoms with Crippen molar-refractivity contribution in [2.75, 3.05) is 0 Å². The molecule has 0 bridgehead atoms. The van der Waals surface area contributed by atoms with Crippen LogP contribution in [0.15, 0.2) is 10.8 Å². The Balaban J connectivity index is 2.46. The van der Waals surface area contributed by atoms with Crippen molar-refractivity contribution in [2.24, 2.45) is 0 Å². The van der Waals surface area contributed by atoms with E-state index in [0.717, 1.165) is 19.2 Å². The van der Waals surface area contributed by atoms with Gasteiger partial charge in [-0.2, -0.15) is 13.2 Å². The molecule has 0 radical (unpaired) electrons. The molecule has 1 saturated carbocycles. The molecular weight excluding hydrogens is 261 g/mol. The van der Waals surface area contributed by atoms with Gasteiger partial charge in [-0.1, -0.05) is 0 Å². The number of aromatic nitrogens is 2. The van der Waals surface area contributed by atoms with Crippen LogP contribution in [0.5, 0.6) is 0 Å². The van der Waals surface area contributed by atoms with Crippen LogP contribution < -0.4 is 0 Å². The van der Waals surface area contributed by atoms with E-state index >= 15 is 0 Å². The molecule has 1 aliphatic carbocycles. The third kappa shape index (κ3) is 1.75. The third-order valence-electron chi connectivity index (χ3n) is 2.05. The summed E-state index contributed by atoms with van der Waals surface area (Å²) in [6, 6.07) is 0. The Labute approximate surface area is 86.7 Å². The standard InChI is InChI=1S/C8H6BrF3N2/c9-5-6(4-1-2-4)13-3-14-7(5)8(10,11)12/h3-4H,1-2H2. The zero-order valence-electron chi connectivity index (χ0n) is 6.98. The van der Waals surface area contributed by atoms with Crippen LogP contribution in [-0.2, 0) is 6.18 Å². The lowest BCUT2D eigenvalue weighted by Crippen LogP contribution is -2.11. The minimum Gasteiger partial charge on any atom is -0.240 e. The molecule has 0 unspecified atom stereocenters. The fraction of sp³-hybridized carbons (Fsp3) is 0.500. The summed E-state index contributed by atoms with van der Waals surface area (Å²) < 4.78 is 37.2. The van der Waals surface area contributed by atoms with Gasteiger partial charge in [-0.3, -0.25) is 0 Å². The first-order chi connectivity index (χ1) is 6.50. The lowest BCUT2D eigenvalue weighted by Gasteiger charge is -2.09. The van der Waals surface area contributed by atoms with Gasteiger partial charge < -0.3 is 0 Å². The Bertz CT molecular complexity index is 360. The van der Waals surface area contributed by atoms with Crippen LogP contribution in [0.4, 0.5) is 13.2 Å². The van der Waals surface area contributed by atoms with Crippen LogP contribution in [-0.4, -0.2) is 9.97 Å². The predicted octanol–water partition coefficient (Wildman–Crippen LogP) is 3.14. The smallest absolute Gasteiger partial charge is 0.240 e. The third-order valence-corrected chi connectivity index (χ3v) is 2.83. The maximum absolute atomic E-state index is 12.4. The topological polar surface area (TPSA) is 25.8 Å². The van der Waals surface area contributed by atoms with Crippen molar-refractivity contribution in [3.63, 3.8) is 0 Å². The summed E-state index contributed by atoms with van der Waals surface area (Å²) >= 11 is 2.91. The van der Waals surface area contributed by atoms with Gasteiger partial charge in [-0.15, -0.1) is 0 Å². The highest BCUT2D eigenvalue weighted by molar-refractivity contribution is 9.10. The van der Waals surface area contributed by atoms with Crippen molar-refractivity contribution in [1.29, 1.82) is 0 Å². The highest BCUT2D eigenvalue weighted by atomic mass is 79.9. The Hall–Kier alpha value is -0.650. The first-order valence-electron chi connectivity index (χ1n) is 4.07. The molecule has 1 aromatic rings. The maximum atomic E-state index is 12.4. The van der Waals surface area contributed by atoms with Gasteiger partial charge in [0.05, 0.1) is 10.2 Å². The molecule has 0 aromatic carbocycles. The van der Waals surface area contributed by atoms with Gasteiger partial charge in [0.1, 0.15) is 6.33 Å². The molecule has 0 spiro atoms. The van der Waals surface area contributed by atoms with Gasteiger partial charge in [-0.25, -0.2) is 9.97 Å². The van der Waals surface area contributed by atoms with E-state index in [-0.39, 0.29) is 10.4 Å². The summed E-state index contributed by atoms with van der Waals surface area (Å²) in [5, 5.41) is 0. The second-order valence-corrected chi connectivity index (χ2v) is 3.99. The minimum atomic E-state index is -4.41. The van der Waals surface area contributed by atoms with Crippen molar-refractivity contribution in [2.45, 2.75) is 24.9 Å². The van der Waals surface area contributed by atoms with Crippen molar-refractivity contribution >= 4 is 15.9 Å². The number of hydrogen-bond donors (Lipinski definition) is 0. The summed E-state index contributed by atoms with van der Waals surface area (Å²) in [5.74, 6) is 0.175. The van der Waals surface area contributed by atoms with Crippen molar-refractivity contribution in [1.82, 2.24) is 9.97 Å². The summed E-state index contributed by atoms with van der Waals surface area (Å²) in [6.07, 6.45) is -1.62. The summed E-state index contributed by atoms with van der Waals surface area (Å²) in [6.45, 7) is 0. The average Bonchev–Trinajstić information content (AvgIpc) is 2.85. The lowest BCUT2D eigenvalue weighted by molar-refractivity contribution is -0.142. The van der Waals surface area contributed by atoms with E-state index in [1.165, 1.54) is 0 Å². The molecule has 14 heavy (non-hydrogen) atoms. The van der Waals surface area contributed by atoms with E-state index in [2.05, 4.69) is 25.9 Å². The fourth-order valence-corrected chi connectivity index (χ4v) is 1.98. The Morgan fingerprint density at radius 1 is 1.29 bits per heavy atom. The Morgan fingerprint density at radius 3 is 2.43 bits per heavy atom. The van der Waals surface area contributed by atoms with Crippen LogP contribution in [0.2, 0.25) is 0 Å². The molecule has 2 nitrogen and oxygen atoms in total. The van der Waals surface area contributed by atoms with E-state index in [9.17, 15) is 13.2 Å². The minimum absolute atomic E-state index is 0.00463. The number of nitrogens with zero attached hydrogens (tertiary/aromatic N) is 2. The highest BCUT2D eigenvalue weighted by Gasteiger charge is 2.38. The Kier molecular flexibility index (Phi) is 2.25. The van der Waals surface area contributed by atoms with E-state index in [4.69, 9.17) is 0 Å². The van der Waals surface area contributed by atoms with Gasteiger partial charge >= 0.3 is 6.18 Å². The van der Waals surface area contributed by atoms with E-state index in [1.54, 1.807) is 0 Å². The lowest BCUT2D eigenvalue weighted by atomic mass is 10.2. The summed E-state index contributed by atoms with van der Waals surface area (Å²) in [4.78, 5) is 7.09. The molecule has 0 amide bonds. The zero-order chi connectivity index (χ0) is 10.3. The van der Waals surface area contributed by atoms with Crippen LogP contribution in [0.25, 0.3) is 0 Å². The largest absolute Gasteiger partial charge is 0.434 e. The van der Waals surface area contributed by atoms with Crippen LogP contribution in [0, 0.1) is 0 Å². The number of halogens is 4. The van der Waals surface area contributed by atoms with Gasteiger partial charge in [0.25, 0.3) is 0 Å². The molecule has 1 fully saturated rings. The molecule has 1 aromatic heterocycles. The van der Waals surface area contributed by atoms with Gasteiger partial charge in [0, 0.05) is 5.92 Å². The van der Waals surface area contributed by atoms with Crippen molar-refractivity contribution in [3.05, 3.63) is 22.2 Å². The fourth-order valence-electron chi connectivity index (χ4n) is 1.22. The van der Waals surface area contributed by atoms with Gasteiger partial charge in [0.15, 0.2) is 5.69 Å². The molecule has 2 rings (SSSR count). The summed E-state index contributed by atoms with van der Waals surface area (Å²) in [7, 11) is 0. The first-order valence-corrected chi connectivity index (χ1v) is 4.87. The first kappa shape index (κ1) is 9.89. The molecule has 0 aliphatic heterocycles. The molecule has 0 saturated heterocycles. The maximum Gasteiger partial charge on any atom is 0.434 e. The second kappa shape index (κ2) is 3.18. The second-order valence-electron chi connectivity index (χ2n) is 3.19. The van der Waals surface area contributed by atoms with Gasteiger partial charge in [-0.05, 0) is 28.8 Å². The van der Waals surface area contributed by atoms with Crippen molar-refractivity contribution in [3.8, 4) is 0 Å². The number of rotatable bonds is 1. The number of hydrogen-bond acceptors (Lipinski definition) is 2. The monoisotopic (exact) mass is 266 g/mol.